The van der Waals surface area contributed by atoms with Gasteiger partial charge in [0.1, 0.15) is 0 Å². The minimum absolute atomic E-state index is 0.0365. The van der Waals surface area contributed by atoms with E-state index in [-0.39, 0.29) is 17.0 Å². The van der Waals surface area contributed by atoms with Gasteiger partial charge in [-0.15, -0.1) is 0 Å². The molecule has 76 valence electrons. The highest BCUT2D eigenvalue weighted by atomic mass is 127. The van der Waals surface area contributed by atoms with Crippen LogP contribution in [-0.4, -0.2) is 5.78 Å². The average Bonchev–Trinajstić information content (AvgIpc) is 2.07. The Hall–Kier alpha value is -0.720. The Kier molecular flexibility index (Phi) is 3.41. The summed E-state index contributed by atoms with van der Waals surface area (Å²) in [5, 5.41) is 0. The Balaban J connectivity index is 3.31. The standard InChI is InChI=1S/C9H8F2INO/c1-4(14)5-3-8(13)6(9(10)11)2-7(5)12/h2-3,9H,13H2,1H3. The van der Waals surface area contributed by atoms with Crippen molar-refractivity contribution in [3.63, 3.8) is 0 Å². The van der Waals surface area contributed by atoms with Crippen molar-refractivity contribution in [2.75, 3.05) is 5.73 Å². The number of halogens is 3. The van der Waals surface area contributed by atoms with Gasteiger partial charge in [-0.3, -0.25) is 4.79 Å². The number of carbonyl (C=O) groups is 1. The molecule has 0 atom stereocenters. The van der Waals surface area contributed by atoms with Crippen molar-refractivity contribution in [1.82, 2.24) is 0 Å². The van der Waals surface area contributed by atoms with Crippen LogP contribution < -0.4 is 5.73 Å². The highest BCUT2D eigenvalue weighted by Gasteiger charge is 2.15. The first-order valence-electron chi connectivity index (χ1n) is 3.81. The lowest BCUT2D eigenvalue weighted by molar-refractivity contribution is 0.101. The Morgan fingerprint density at radius 3 is 2.50 bits per heavy atom. The molecule has 0 saturated carbocycles. The molecule has 0 aromatic heterocycles. The average molecular weight is 311 g/mol. The maximum Gasteiger partial charge on any atom is 0.265 e. The van der Waals surface area contributed by atoms with E-state index in [4.69, 9.17) is 5.73 Å². The number of alkyl halides is 2. The van der Waals surface area contributed by atoms with Crippen LogP contribution >= 0.6 is 22.6 Å². The molecule has 0 fully saturated rings. The number of Topliss-reactive ketones (excluding diaryl/α,β-unsaturated/α-hetero) is 1. The maximum atomic E-state index is 12.4. The summed E-state index contributed by atoms with van der Waals surface area (Å²) in [5.74, 6) is -0.179. The number of ketones is 1. The van der Waals surface area contributed by atoms with Gasteiger partial charge in [0.05, 0.1) is 0 Å². The summed E-state index contributed by atoms with van der Waals surface area (Å²) in [6, 6.07) is 2.54. The largest absolute Gasteiger partial charge is 0.398 e. The zero-order valence-corrected chi connectivity index (χ0v) is 9.51. The predicted molar refractivity (Wildman–Crippen MR) is 58.5 cm³/mol. The molecule has 0 aliphatic carbocycles. The van der Waals surface area contributed by atoms with E-state index in [2.05, 4.69) is 0 Å². The third-order valence-corrected chi connectivity index (χ3v) is 2.68. The molecule has 0 heterocycles. The van der Waals surface area contributed by atoms with Gasteiger partial charge in [0.15, 0.2) is 5.78 Å². The molecule has 0 amide bonds. The number of hydrogen-bond donors (Lipinski definition) is 1. The number of nitrogen functional groups attached to an aromatic ring is 1. The molecule has 1 rings (SSSR count). The highest BCUT2D eigenvalue weighted by molar-refractivity contribution is 14.1. The van der Waals surface area contributed by atoms with Gasteiger partial charge in [0.25, 0.3) is 6.43 Å². The molecule has 0 unspecified atom stereocenters. The van der Waals surface area contributed by atoms with Crippen LogP contribution in [0.1, 0.15) is 29.3 Å². The van der Waals surface area contributed by atoms with E-state index in [0.717, 1.165) is 0 Å². The first kappa shape index (κ1) is 11.4. The van der Waals surface area contributed by atoms with E-state index >= 15 is 0 Å². The SMILES string of the molecule is CC(=O)c1cc(N)c(C(F)F)cc1I. The number of nitrogens with two attached hydrogens (primary N) is 1. The highest BCUT2D eigenvalue weighted by Crippen LogP contribution is 2.29. The third-order valence-electron chi connectivity index (χ3n) is 1.79. The fourth-order valence-corrected chi connectivity index (χ4v) is 1.94. The summed E-state index contributed by atoms with van der Waals surface area (Å²) in [7, 11) is 0. The van der Waals surface area contributed by atoms with Crippen LogP contribution in [-0.2, 0) is 0 Å². The van der Waals surface area contributed by atoms with Gasteiger partial charge < -0.3 is 5.73 Å². The zero-order valence-electron chi connectivity index (χ0n) is 7.35. The summed E-state index contributed by atoms with van der Waals surface area (Å²) in [4.78, 5) is 11.1. The molecule has 14 heavy (non-hydrogen) atoms. The normalized spacial score (nSPS) is 10.6. The van der Waals surface area contributed by atoms with Gasteiger partial charge >= 0.3 is 0 Å². The lowest BCUT2D eigenvalue weighted by Crippen LogP contribution is -2.02. The lowest BCUT2D eigenvalue weighted by atomic mass is 10.1. The number of rotatable bonds is 2. The molecule has 0 spiro atoms. The van der Waals surface area contributed by atoms with E-state index in [0.29, 0.717) is 9.13 Å². The summed E-state index contributed by atoms with van der Waals surface area (Å²) in [6.45, 7) is 1.37. The molecule has 1 aromatic carbocycles. The molecule has 0 aliphatic heterocycles. The van der Waals surface area contributed by atoms with Crippen LogP contribution in [0.4, 0.5) is 14.5 Å². The summed E-state index contributed by atoms with van der Waals surface area (Å²) in [6.07, 6.45) is -2.61. The fourth-order valence-electron chi connectivity index (χ4n) is 1.06. The number of carbonyl (C=O) groups excluding carboxylic acids is 1. The molecular weight excluding hydrogens is 303 g/mol. The van der Waals surface area contributed by atoms with Gasteiger partial charge in [-0.2, -0.15) is 0 Å². The molecule has 2 N–H and O–H groups in total. The van der Waals surface area contributed by atoms with Crippen LogP contribution in [0.15, 0.2) is 12.1 Å². The third kappa shape index (κ3) is 2.20. The van der Waals surface area contributed by atoms with Crippen molar-refractivity contribution >= 4 is 34.1 Å². The number of hydrogen-bond acceptors (Lipinski definition) is 2. The number of anilines is 1. The fraction of sp³-hybridized carbons (Fsp3) is 0.222. The topological polar surface area (TPSA) is 43.1 Å². The zero-order chi connectivity index (χ0) is 10.9. The monoisotopic (exact) mass is 311 g/mol. The Morgan fingerprint density at radius 1 is 1.50 bits per heavy atom. The van der Waals surface area contributed by atoms with Crippen LogP contribution in [0.25, 0.3) is 0 Å². The predicted octanol–water partition coefficient (Wildman–Crippen LogP) is 3.01. The molecule has 0 bridgehead atoms. The summed E-state index contributed by atoms with van der Waals surface area (Å²) in [5.41, 5.74) is 5.52. The quantitative estimate of drug-likeness (QED) is 0.518. The van der Waals surface area contributed by atoms with Crippen LogP contribution in [0, 0.1) is 3.57 Å². The van der Waals surface area contributed by atoms with Crippen molar-refractivity contribution in [3.05, 3.63) is 26.8 Å². The smallest absolute Gasteiger partial charge is 0.265 e. The van der Waals surface area contributed by atoms with E-state index < -0.39 is 6.43 Å². The van der Waals surface area contributed by atoms with Crippen molar-refractivity contribution in [3.8, 4) is 0 Å². The minimum atomic E-state index is -2.61. The minimum Gasteiger partial charge on any atom is -0.398 e. The first-order chi connectivity index (χ1) is 6.43. The van der Waals surface area contributed by atoms with Crippen molar-refractivity contribution < 1.29 is 13.6 Å². The Bertz CT molecular complexity index is 379. The second kappa shape index (κ2) is 4.20. The van der Waals surface area contributed by atoms with Gasteiger partial charge in [-0.25, -0.2) is 8.78 Å². The van der Waals surface area contributed by atoms with Crippen LogP contribution in [0.2, 0.25) is 0 Å². The summed E-state index contributed by atoms with van der Waals surface area (Å²) < 4.78 is 25.2. The van der Waals surface area contributed by atoms with E-state index in [1.54, 1.807) is 0 Å². The van der Waals surface area contributed by atoms with E-state index in [1.807, 2.05) is 22.6 Å². The molecule has 0 saturated heterocycles. The molecule has 5 heteroatoms. The van der Waals surface area contributed by atoms with Gasteiger partial charge in [-0.1, -0.05) is 0 Å². The molecule has 2 nitrogen and oxygen atoms in total. The van der Waals surface area contributed by atoms with Crippen LogP contribution in [0.3, 0.4) is 0 Å². The van der Waals surface area contributed by atoms with Gasteiger partial charge in [0.2, 0.25) is 0 Å². The second-order valence-corrected chi connectivity index (χ2v) is 3.98. The first-order valence-corrected chi connectivity index (χ1v) is 4.89. The van der Waals surface area contributed by atoms with Crippen LogP contribution in [0.5, 0.6) is 0 Å². The maximum absolute atomic E-state index is 12.4. The Labute approximate surface area is 93.6 Å². The Morgan fingerprint density at radius 2 is 2.07 bits per heavy atom. The molecule has 0 radical (unpaired) electrons. The van der Waals surface area contributed by atoms with E-state index in [9.17, 15) is 13.6 Å². The van der Waals surface area contributed by atoms with Gasteiger partial charge in [-0.05, 0) is 41.6 Å². The van der Waals surface area contributed by atoms with Crippen molar-refractivity contribution in [1.29, 1.82) is 0 Å². The second-order valence-electron chi connectivity index (χ2n) is 2.82. The summed E-state index contributed by atoms with van der Waals surface area (Å²) >= 11 is 1.84. The van der Waals surface area contributed by atoms with Crippen molar-refractivity contribution in [2.24, 2.45) is 0 Å². The molecule has 1 aromatic rings. The van der Waals surface area contributed by atoms with Gasteiger partial charge in [0, 0.05) is 20.4 Å². The number of benzene rings is 1. The molecule has 0 aliphatic rings. The van der Waals surface area contributed by atoms with Crippen molar-refractivity contribution in [2.45, 2.75) is 13.3 Å². The molecular formula is C9H8F2INO. The lowest BCUT2D eigenvalue weighted by Gasteiger charge is -2.08. The van der Waals surface area contributed by atoms with E-state index in [1.165, 1.54) is 19.1 Å².